The van der Waals surface area contributed by atoms with Gasteiger partial charge in [-0.2, -0.15) is 0 Å². The van der Waals surface area contributed by atoms with Crippen molar-refractivity contribution in [2.75, 3.05) is 11.9 Å². The van der Waals surface area contributed by atoms with Crippen molar-refractivity contribution in [3.63, 3.8) is 0 Å². The highest BCUT2D eigenvalue weighted by Crippen LogP contribution is 2.23. The van der Waals surface area contributed by atoms with Crippen molar-refractivity contribution >= 4 is 11.6 Å². The minimum Gasteiger partial charge on any atom is -0.457 e. The largest absolute Gasteiger partial charge is 0.457 e. The number of rotatable bonds is 7. The van der Waals surface area contributed by atoms with Crippen LogP contribution in [0.5, 0.6) is 11.5 Å². The average molecular weight is 310 g/mol. The highest BCUT2D eigenvalue weighted by Gasteiger charge is 2.11. The van der Waals surface area contributed by atoms with Crippen LogP contribution in [0.3, 0.4) is 0 Å². The number of hydrogen-bond donors (Lipinski definition) is 2. The first-order chi connectivity index (χ1) is 11.1. The van der Waals surface area contributed by atoms with Crippen molar-refractivity contribution in [3.8, 4) is 11.5 Å². The maximum atomic E-state index is 11.8. The molecular weight excluding hydrogens is 288 g/mol. The third-order valence-corrected chi connectivity index (χ3v) is 3.28. The highest BCUT2D eigenvalue weighted by molar-refractivity contribution is 5.84. The van der Waals surface area contributed by atoms with E-state index in [2.05, 4.69) is 17.2 Å². The molecule has 2 rings (SSSR count). The molecule has 120 valence electrons. The van der Waals surface area contributed by atoms with Crippen molar-refractivity contribution in [2.24, 2.45) is 0 Å². The Bertz CT molecular complexity index is 665. The molecule has 0 aliphatic heterocycles. The monoisotopic (exact) mass is 310 g/mol. The van der Waals surface area contributed by atoms with Gasteiger partial charge in [-0.05, 0) is 55.8 Å². The average Bonchev–Trinajstić information content (AvgIpc) is 2.54. The van der Waals surface area contributed by atoms with Crippen LogP contribution in [0.2, 0.25) is 0 Å². The molecule has 2 aromatic carbocycles. The number of hydrogen-bond acceptors (Lipinski definition) is 3. The van der Waals surface area contributed by atoms with Crippen LogP contribution in [0, 0.1) is 6.92 Å². The fourth-order valence-corrected chi connectivity index (χ4v) is 2.08. The number of benzene rings is 2. The second kappa shape index (κ2) is 8.03. The molecule has 0 aliphatic carbocycles. The van der Waals surface area contributed by atoms with Crippen LogP contribution in [0.15, 0.2) is 61.2 Å². The molecular formula is C19H22N2O2. The Hall–Kier alpha value is -2.75. The van der Waals surface area contributed by atoms with Gasteiger partial charge in [-0.15, -0.1) is 6.58 Å². The number of anilines is 1. The fourth-order valence-electron chi connectivity index (χ4n) is 2.08. The molecule has 0 aliphatic rings. The zero-order valence-corrected chi connectivity index (χ0v) is 13.5. The first kappa shape index (κ1) is 16.6. The van der Waals surface area contributed by atoms with Crippen LogP contribution in [0.4, 0.5) is 5.69 Å². The molecule has 0 spiro atoms. The molecule has 0 radical (unpaired) electrons. The van der Waals surface area contributed by atoms with Crippen molar-refractivity contribution in [1.82, 2.24) is 5.32 Å². The molecule has 23 heavy (non-hydrogen) atoms. The van der Waals surface area contributed by atoms with Crippen LogP contribution < -0.4 is 15.4 Å². The lowest BCUT2D eigenvalue weighted by atomic mass is 10.2. The lowest BCUT2D eigenvalue weighted by Gasteiger charge is -2.15. The third kappa shape index (κ3) is 5.18. The number of nitrogens with one attached hydrogen (secondary N) is 2. The Morgan fingerprint density at radius 1 is 1.22 bits per heavy atom. The molecule has 4 nitrogen and oxygen atoms in total. The van der Waals surface area contributed by atoms with E-state index in [0.717, 1.165) is 22.7 Å². The van der Waals surface area contributed by atoms with E-state index in [1.54, 1.807) is 6.08 Å². The summed E-state index contributed by atoms with van der Waals surface area (Å²) in [5, 5.41) is 5.91. The van der Waals surface area contributed by atoms with Crippen molar-refractivity contribution in [3.05, 3.63) is 66.7 Å². The Morgan fingerprint density at radius 3 is 2.61 bits per heavy atom. The number of amides is 1. The van der Waals surface area contributed by atoms with Crippen LogP contribution in [0.1, 0.15) is 12.5 Å². The minimum absolute atomic E-state index is 0.0648. The van der Waals surface area contributed by atoms with E-state index in [1.807, 2.05) is 62.4 Å². The summed E-state index contributed by atoms with van der Waals surface area (Å²) in [5.74, 6) is 1.50. The maximum Gasteiger partial charge on any atom is 0.242 e. The van der Waals surface area contributed by atoms with E-state index < -0.39 is 0 Å². The normalized spacial score (nSPS) is 11.4. The van der Waals surface area contributed by atoms with E-state index in [1.165, 1.54) is 0 Å². The molecule has 4 heteroatoms. The number of ether oxygens (including phenoxy) is 1. The van der Waals surface area contributed by atoms with Gasteiger partial charge in [-0.25, -0.2) is 0 Å². The van der Waals surface area contributed by atoms with E-state index >= 15 is 0 Å². The highest BCUT2D eigenvalue weighted by atomic mass is 16.5. The Balaban J connectivity index is 1.94. The van der Waals surface area contributed by atoms with Gasteiger partial charge < -0.3 is 15.4 Å². The van der Waals surface area contributed by atoms with Gasteiger partial charge in [0.25, 0.3) is 0 Å². The van der Waals surface area contributed by atoms with Gasteiger partial charge in [0.05, 0.1) is 0 Å². The topological polar surface area (TPSA) is 50.4 Å². The SMILES string of the molecule is C=CCNC(=O)[C@@H](C)Nc1ccc(Oc2cccc(C)c2)cc1. The Kier molecular flexibility index (Phi) is 5.80. The molecule has 0 unspecified atom stereocenters. The van der Waals surface area contributed by atoms with Gasteiger partial charge in [0, 0.05) is 12.2 Å². The van der Waals surface area contributed by atoms with Gasteiger partial charge in [0.15, 0.2) is 0 Å². The van der Waals surface area contributed by atoms with Crippen LogP contribution in [-0.4, -0.2) is 18.5 Å². The standard InChI is InChI=1S/C19H22N2O2/c1-4-12-20-19(22)15(3)21-16-8-10-17(11-9-16)23-18-7-5-6-14(2)13-18/h4-11,13,15,21H,1,12H2,2-3H3,(H,20,22)/t15-/m1/s1. The first-order valence-electron chi connectivity index (χ1n) is 7.58. The smallest absolute Gasteiger partial charge is 0.242 e. The number of carbonyl (C=O) groups excluding carboxylic acids is 1. The number of aryl methyl sites for hydroxylation is 1. The third-order valence-electron chi connectivity index (χ3n) is 3.28. The molecule has 2 N–H and O–H groups in total. The molecule has 0 aromatic heterocycles. The summed E-state index contributed by atoms with van der Waals surface area (Å²) in [4.78, 5) is 11.8. The second-order valence-electron chi connectivity index (χ2n) is 5.34. The quantitative estimate of drug-likeness (QED) is 0.763. The number of carbonyl (C=O) groups is 1. The summed E-state index contributed by atoms with van der Waals surface area (Å²) < 4.78 is 5.80. The molecule has 0 saturated carbocycles. The van der Waals surface area contributed by atoms with Gasteiger partial charge in [-0.3, -0.25) is 4.79 Å². The summed E-state index contributed by atoms with van der Waals surface area (Å²) in [7, 11) is 0. The van der Waals surface area contributed by atoms with E-state index in [-0.39, 0.29) is 11.9 Å². The van der Waals surface area contributed by atoms with E-state index in [0.29, 0.717) is 6.54 Å². The van der Waals surface area contributed by atoms with Crippen molar-refractivity contribution in [1.29, 1.82) is 0 Å². The van der Waals surface area contributed by atoms with Crippen LogP contribution in [-0.2, 0) is 4.79 Å². The fraction of sp³-hybridized carbons (Fsp3) is 0.211. The first-order valence-corrected chi connectivity index (χ1v) is 7.58. The van der Waals surface area contributed by atoms with Gasteiger partial charge in [0.1, 0.15) is 17.5 Å². The minimum atomic E-state index is -0.321. The van der Waals surface area contributed by atoms with Crippen molar-refractivity contribution < 1.29 is 9.53 Å². The Labute approximate surface area is 137 Å². The van der Waals surface area contributed by atoms with E-state index in [4.69, 9.17) is 4.74 Å². The Morgan fingerprint density at radius 2 is 1.96 bits per heavy atom. The summed E-state index contributed by atoms with van der Waals surface area (Å²) in [6.07, 6.45) is 1.65. The van der Waals surface area contributed by atoms with Crippen molar-refractivity contribution in [2.45, 2.75) is 19.9 Å². The molecule has 0 saturated heterocycles. The predicted octanol–water partition coefficient (Wildman–Crippen LogP) is 3.89. The van der Waals surface area contributed by atoms with Crippen LogP contribution in [0.25, 0.3) is 0 Å². The summed E-state index contributed by atoms with van der Waals surface area (Å²) in [6, 6.07) is 15.1. The summed E-state index contributed by atoms with van der Waals surface area (Å²) in [6.45, 7) is 7.88. The second-order valence-corrected chi connectivity index (χ2v) is 5.34. The molecule has 0 heterocycles. The lowest BCUT2D eigenvalue weighted by molar-refractivity contribution is -0.121. The summed E-state index contributed by atoms with van der Waals surface area (Å²) in [5.41, 5.74) is 2.02. The van der Waals surface area contributed by atoms with Gasteiger partial charge >= 0.3 is 0 Å². The van der Waals surface area contributed by atoms with Gasteiger partial charge in [0.2, 0.25) is 5.91 Å². The zero-order chi connectivity index (χ0) is 16.7. The maximum absolute atomic E-state index is 11.8. The van der Waals surface area contributed by atoms with Crippen LogP contribution >= 0.6 is 0 Å². The molecule has 1 amide bonds. The summed E-state index contributed by atoms with van der Waals surface area (Å²) >= 11 is 0. The molecule has 2 aromatic rings. The lowest BCUT2D eigenvalue weighted by Crippen LogP contribution is -2.37. The van der Waals surface area contributed by atoms with Gasteiger partial charge in [-0.1, -0.05) is 18.2 Å². The molecule has 1 atom stereocenters. The van der Waals surface area contributed by atoms with E-state index in [9.17, 15) is 4.79 Å². The molecule has 0 fully saturated rings. The predicted molar refractivity (Wildman–Crippen MR) is 94.0 cm³/mol. The molecule has 0 bridgehead atoms. The zero-order valence-electron chi connectivity index (χ0n) is 13.5.